The van der Waals surface area contributed by atoms with Crippen molar-refractivity contribution < 1.29 is 14.3 Å². The highest BCUT2D eigenvalue weighted by atomic mass is 35.5. The van der Waals surface area contributed by atoms with Gasteiger partial charge in [0.1, 0.15) is 5.75 Å². The van der Waals surface area contributed by atoms with E-state index < -0.39 is 0 Å². The second-order valence-electron chi connectivity index (χ2n) is 4.54. The number of amides is 1. The number of methoxy groups -OCH3 is 1. The Hall–Kier alpha value is -1.30. The number of primary amides is 1. The number of benzene rings is 1. The minimum absolute atomic E-state index is 0.252. The van der Waals surface area contributed by atoms with E-state index in [0.29, 0.717) is 23.9 Å². The first kappa shape index (κ1) is 16.8. The Labute approximate surface area is 124 Å². The Kier molecular flexibility index (Phi) is 7.36. The van der Waals surface area contributed by atoms with Crippen LogP contribution in [0.1, 0.15) is 12.5 Å². The van der Waals surface area contributed by atoms with Gasteiger partial charge in [0, 0.05) is 30.8 Å². The molecule has 0 aliphatic carbocycles. The Morgan fingerprint density at radius 1 is 1.50 bits per heavy atom. The number of hydrogen-bond donors (Lipinski definition) is 2. The van der Waals surface area contributed by atoms with Crippen molar-refractivity contribution in [3.8, 4) is 5.75 Å². The first-order chi connectivity index (χ1) is 9.54. The van der Waals surface area contributed by atoms with E-state index in [4.69, 9.17) is 26.8 Å². The first-order valence-corrected chi connectivity index (χ1v) is 6.82. The van der Waals surface area contributed by atoms with Crippen LogP contribution in [0.25, 0.3) is 0 Å². The first-order valence-electron chi connectivity index (χ1n) is 6.44. The number of nitrogens with one attached hydrogen (secondary N) is 1. The molecule has 1 aromatic carbocycles. The van der Waals surface area contributed by atoms with E-state index in [0.717, 1.165) is 12.1 Å². The van der Waals surface area contributed by atoms with E-state index in [9.17, 15) is 4.79 Å². The SMILES string of the molecule is COCCNCc1cc(Cl)ccc1OCC(C)C(N)=O. The van der Waals surface area contributed by atoms with Gasteiger partial charge in [-0.15, -0.1) is 0 Å². The van der Waals surface area contributed by atoms with Crippen molar-refractivity contribution in [2.24, 2.45) is 11.7 Å². The predicted octanol–water partition coefficient (Wildman–Crippen LogP) is 1.58. The van der Waals surface area contributed by atoms with Gasteiger partial charge in [0.15, 0.2) is 0 Å². The van der Waals surface area contributed by atoms with Crippen molar-refractivity contribution in [1.29, 1.82) is 0 Å². The zero-order chi connectivity index (χ0) is 15.0. The van der Waals surface area contributed by atoms with E-state index in [-0.39, 0.29) is 18.4 Å². The van der Waals surface area contributed by atoms with Gasteiger partial charge in [0.05, 0.1) is 19.1 Å². The largest absolute Gasteiger partial charge is 0.492 e. The molecule has 0 heterocycles. The van der Waals surface area contributed by atoms with Crippen molar-refractivity contribution in [2.45, 2.75) is 13.5 Å². The van der Waals surface area contributed by atoms with Gasteiger partial charge in [0.25, 0.3) is 0 Å². The maximum Gasteiger partial charge on any atom is 0.223 e. The maximum atomic E-state index is 11.0. The summed E-state index contributed by atoms with van der Waals surface area (Å²) in [5, 5.41) is 3.87. The third kappa shape index (κ3) is 5.77. The summed E-state index contributed by atoms with van der Waals surface area (Å²) in [5.74, 6) is -0.00821. The average Bonchev–Trinajstić information content (AvgIpc) is 2.42. The number of ether oxygens (including phenoxy) is 2. The third-order valence-electron chi connectivity index (χ3n) is 2.80. The number of rotatable bonds is 9. The number of carbonyl (C=O) groups is 1. The Morgan fingerprint density at radius 2 is 2.25 bits per heavy atom. The van der Waals surface area contributed by atoms with E-state index in [1.54, 1.807) is 26.2 Å². The van der Waals surface area contributed by atoms with Gasteiger partial charge in [-0.05, 0) is 18.2 Å². The quantitative estimate of drug-likeness (QED) is 0.679. The van der Waals surface area contributed by atoms with Crippen LogP contribution in [0.3, 0.4) is 0 Å². The fourth-order valence-electron chi connectivity index (χ4n) is 1.52. The molecule has 1 aromatic rings. The summed E-state index contributed by atoms with van der Waals surface area (Å²) in [6.07, 6.45) is 0. The fourth-order valence-corrected chi connectivity index (χ4v) is 1.72. The monoisotopic (exact) mass is 300 g/mol. The molecule has 0 spiro atoms. The molecule has 1 unspecified atom stereocenters. The lowest BCUT2D eigenvalue weighted by molar-refractivity contribution is -0.122. The Balaban J connectivity index is 2.62. The van der Waals surface area contributed by atoms with E-state index in [1.807, 2.05) is 6.07 Å². The van der Waals surface area contributed by atoms with Crippen LogP contribution in [0.15, 0.2) is 18.2 Å². The lowest BCUT2D eigenvalue weighted by atomic mass is 10.1. The van der Waals surface area contributed by atoms with Gasteiger partial charge in [0.2, 0.25) is 5.91 Å². The minimum Gasteiger partial charge on any atom is -0.492 e. The molecule has 0 aliphatic rings. The minimum atomic E-state index is -0.376. The van der Waals surface area contributed by atoms with Crippen molar-refractivity contribution in [3.63, 3.8) is 0 Å². The zero-order valence-electron chi connectivity index (χ0n) is 11.8. The van der Waals surface area contributed by atoms with Gasteiger partial charge in [-0.2, -0.15) is 0 Å². The summed E-state index contributed by atoms with van der Waals surface area (Å²) in [6.45, 7) is 3.97. The molecule has 0 aliphatic heterocycles. The molecular formula is C14H21ClN2O3. The van der Waals surface area contributed by atoms with Gasteiger partial charge in [-0.1, -0.05) is 18.5 Å². The number of nitrogens with two attached hydrogens (primary N) is 1. The topological polar surface area (TPSA) is 73.6 Å². The lowest BCUT2D eigenvalue weighted by Gasteiger charge is -2.14. The number of halogens is 1. The average molecular weight is 301 g/mol. The summed E-state index contributed by atoms with van der Waals surface area (Å²) in [4.78, 5) is 11.0. The molecule has 0 bridgehead atoms. The van der Waals surface area contributed by atoms with Gasteiger partial charge in [-0.25, -0.2) is 0 Å². The molecule has 6 heteroatoms. The maximum absolute atomic E-state index is 11.0. The molecule has 0 saturated heterocycles. The van der Waals surface area contributed by atoms with Gasteiger partial charge in [-0.3, -0.25) is 4.79 Å². The van der Waals surface area contributed by atoms with Crippen LogP contribution < -0.4 is 15.8 Å². The van der Waals surface area contributed by atoms with Crippen LogP contribution in [0.2, 0.25) is 5.02 Å². The molecule has 20 heavy (non-hydrogen) atoms. The highest BCUT2D eigenvalue weighted by Gasteiger charge is 2.11. The van der Waals surface area contributed by atoms with Crippen LogP contribution in [0.4, 0.5) is 0 Å². The molecule has 1 rings (SSSR count). The predicted molar refractivity (Wildman–Crippen MR) is 78.9 cm³/mol. The second kappa shape index (κ2) is 8.79. The molecule has 0 saturated carbocycles. The molecule has 1 atom stereocenters. The summed E-state index contributed by atoms with van der Waals surface area (Å²) < 4.78 is 10.6. The van der Waals surface area contributed by atoms with E-state index in [2.05, 4.69) is 5.32 Å². The summed E-state index contributed by atoms with van der Waals surface area (Å²) in [6, 6.07) is 5.39. The van der Waals surface area contributed by atoms with Crippen LogP contribution in [-0.2, 0) is 16.1 Å². The van der Waals surface area contributed by atoms with Crippen LogP contribution in [0, 0.1) is 5.92 Å². The van der Waals surface area contributed by atoms with Gasteiger partial charge < -0.3 is 20.5 Å². The highest BCUT2D eigenvalue weighted by Crippen LogP contribution is 2.23. The van der Waals surface area contributed by atoms with Crippen LogP contribution in [-0.4, -0.2) is 32.8 Å². The number of carbonyl (C=O) groups excluding carboxylic acids is 1. The second-order valence-corrected chi connectivity index (χ2v) is 4.97. The highest BCUT2D eigenvalue weighted by molar-refractivity contribution is 6.30. The Bertz CT molecular complexity index is 440. The summed E-state index contributed by atoms with van der Waals surface area (Å²) >= 11 is 5.99. The Morgan fingerprint density at radius 3 is 2.90 bits per heavy atom. The van der Waals surface area contributed by atoms with Crippen LogP contribution in [0.5, 0.6) is 5.75 Å². The van der Waals surface area contributed by atoms with E-state index >= 15 is 0 Å². The smallest absolute Gasteiger partial charge is 0.223 e. The molecule has 5 nitrogen and oxygen atoms in total. The molecule has 1 amide bonds. The molecule has 3 N–H and O–H groups in total. The molecular weight excluding hydrogens is 280 g/mol. The van der Waals surface area contributed by atoms with Crippen molar-refractivity contribution >= 4 is 17.5 Å². The number of hydrogen-bond acceptors (Lipinski definition) is 4. The molecule has 0 aromatic heterocycles. The van der Waals surface area contributed by atoms with E-state index in [1.165, 1.54) is 0 Å². The molecule has 0 radical (unpaired) electrons. The summed E-state index contributed by atoms with van der Waals surface area (Å²) in [5.41, 5.74) is 6.14. The van der Waals surface area contributed by atoms with Crippen molar-refractivity contribution in [3.05, 3.63) is 28.8 Å². The zero-order valence-corrected chi connectivity index (χ0v) is 12.6. The van der Waals surface area contributed by atoms with Crippen LogP contribution >= 0.6 is 11.6 Å². The standard InChI is InChI=1S/C14H21ClN2O3/c1-10(14(16)18)9-20-13-4-3-12(15)7-11(13)8-17-5-6-19-2/h3-4,7,10,17H,5-6,8-9H2,1-2H3,(H2,16,18). The molecule has 112 valence electrons. The fraction of sp³-hybridized carbons (Fsp3) is 0.500. The van der Waals surface area contributed by atoms with Gasteiger partial charge >= 0.3 is 0 Å². The van der Waals surface area contributed by atoms with Crippen molar-refractivity contribution in [2.75, 3.05) is 26.9 Å². The third-order valence-corrected chi connectivity index (χ3v) is 3.03. The summed E-state index contributed by atoms with van der Waals surface area (Å²) in [7, 11) is 1.65. The normalized spacial score (nSPS) is 12.2. The van der Waals surface area contributed by atoms with Crippen molar-refractivity contribution in [1.82, 2.24) is 5.32 Å². The lowest BCUT2D eigenvalue weighted by Crippen LogP contribution is -2.26. The molecule has 0 fully saturated rings.